The van der Waals surface area contributed by atoms with Gasteiger partial charge in [-0.3, -0.25) is 9.59 Å². The van der Waals surface area contributed by atoms with Crippen molar-refractivity contribution in [2.75, 3.05) is 0 Å². The first-order chi connectivity index (χ1) is 9.24. The van der Waals surface area contributed by atoms with Crippen LogP contribution in [0, 0.1) is 23.0 Å². The highest BCUT2D eigenvalue weighted by Crippen LogP contribution is 2.40. The minimum absolute atomic E-state index is 0.161. The van der Waals surface area contributed by atoms with Crippen molar-refractivity contribution in [3.63, 3.8) is 0 Å². The number of ketones is 2. The molecular formula is C14H9F2NO3. The highest BCUT2D eigenvalue weighted by Gasteiger charge is 2.46. The molecule has 0 aliphatic heterocycles. The van der Waals surface area contributed by atoms with Crippen molar-refractivity contribution < 1.29 is 23.5 Å². The number of carbonyl (C=O) groups excluding carboxylic acids is 2. The van der Waals surface area contributed by atoms with Crippen LogP contribution in [0.3, 0.4) is 0 Å². The van der Waals surface area contributed by atoms with Crippen LogP contribution in [0.15, 0.2) is 17.7 Å². The van der Waals surface area contributed by atoms with Gasteiger partial charge in [0.05, 0.1) is 6.07 Å². The summed E-state index contributed by atoms with van der Waals surface area (Å²) in [5.74, 6) is -4.89. The molecule has 0 heterocycles. The first-order valence-electron chi connectivity index (χ1n) is 5.64. The van der Waals surface area contributed by atoms with Gasteiger partial charge in [-0.15, -0.1) is 0 Å². The average molecular weight is 277 g/mol. The lowest BCUT2D eigenvalue weighted by molar-refractivity contribution is -0.122. The number of fused-ring (bicyclic) bond motifs is 1. The Kier molecular flexibility index (Phi) is 2.94. The lowest BCUT2D eigenvalue weighted by Crippen LogP contribution is -2.39. The van der Waals surface area contributed by atoms with Gasteiger partial charge >= 0.3 is 0 Å². The van der Waals surface area contributed by atoms with E-state index >= 15 is 0 Å². The highest BCUT2D eigenvalue weighted by molar-refractivity contribution is 6.29. The maximum absolute atomic E-state index is 13.3. The SMILES string of the molecule is CC(=O)C1=C(O)c2cc(F)c(F)cc2C(C)(C#N)C1=O. The molecule has 4 nitrogen and oxygen atoms in total. The van der Waals surface area contributed by atoms with Crippen molar-refractivity contribution in [3.05, 3.63) is 40.5 Å². The first-order valence-corrected chi connectivity index (χ1v) is 5.64. The summed E-state index contributed by atoms with van der Waals surface area (Å²) in [6.07, 6.45) is 0. The molecule has 0 amide bonds. The summed E-state index contributed by atoms with van der Waals surface area (Å²) in [5, 5.41) is 19.2. The number of nitriles is 1. The third kappa shape index (κ3) is 1.63. The van der Waals surface area contributed by atoms with Crippen LogP contribution in [0.2, 0.25) is 0 Å². The lowest BCUT2D eigenvalue weighted by atomic mass is 9.70. The Morgan fingerprint density at radius 3 is 2.40 bits per heavy atom. The van der Waals surface area contributed by atoms with Gasteiger partial charge in [0.2, 0.25) is 0 Å². The number of carbonyl (C=O) groups is 2. The van der Waals surface area contributed by atoms with E-state index in [1.54, 1.807) is 6.07 Å². The Morgan fingerprint density at radius 1 is 1.35 bits per heavy atom. The van der Waals surface area contributed by atoms with Gasteiger partial charge in [0.15, 0.2) is 23.2 Å². The predicted molar refractivity (Wildman–Crippen MR) is 64.6 cm³/mol. The number of halogens is 2. The number of aliphatic hydroxyl groups excluding tert-OH is 1. The number of Topliss-reactive ketones (excluding diaryl/α,β-unsaturated/α-hetero) is 2. The lowest BCUT2D eigenvalue weighted by Gasteiger charge is -2.29. The molecule has 0 saturated carbocycles. The van der Waals surface area contributed by atoms with Gasteiger partial charge in [-0.05, 0) is 31.5 Å². The molecule has 102 valence electrons. The number of hydrogen-bond acceptors (Lipinski definition) is 4. The molecule has 1 aromatic rings. The van der Waals surface area contributed by atoms with Crippen LogP contribution in [0.4, 0.5) is 8.78 Å². The quantitative estimate of drug-likeness (QED) is 0.798. The number of rotatable bonds is 1. The molecule has 0 bridgehead atoms. The number of allylic oxidation sites excluding steroid dienone is 1. The van der Waals surface area contributed by atoms with Crippen LogP contribution in [0.1, 0.15) is 25.0 Å². The molecule has 2 rings (SSSR count). The standard InChI is InChI=1S/C14H9F2NO3/c1-6(18)11-12(19)7-3-9(15)10(16)4-8(7)14(2,5-17)13(11)20/h3-4,19H,1-2H3. The van der Waals surface area contributed by atoms with E-state index in [1.165, 1.54) is 6.92 Å². The van der Waals surface area contributed by atoms with E-state index < -0.39 is 39.9 Å². The van der Waals surface area contributed by atoms with E-state index in [0.29, 0.717) is 12.1 Å². The Labute approximate surface area is 112 Å². The highest BCUT2D eigenvalue weighted by atomic mass is 19.2. The fraction of sp³-hybridized carbons (Fsp3) is 0.214. The van der Waals surface area contributed by atoms with Gasteiger partial charge in [0.1, 0.15) is 16.7 Å². The summed E-state index contributed by atoms with van der Waals surface area (Å²) in [6, 6.07) is 3.07. The van der Waals surface area contributed by atoms with E-state index in [4.69, 9.17) is 0 Å². The summed E-state index contributed by atoms with van der Waals surface area (Å²) in [6.45, 7) is 2.24. The molecule has 0 fully saturated rings. The second kappa shape index (κ2) is 4.23. The molecule has 1 unspecified atom stereocenters. The Balaban J connectivity index is 2.94. The number of nitrogens with zero attached hydrogens (tertiary/aromatic N) is 1. The largest absolute Gasteiger partial charge is 0.506 e. The van der Waals surface area contributed by atoms with Gasteiger partial charge in [0.25, 0.3) is 0 Å². The topological polar surface area (TPSA) is 78.2 Å². The first kappa shape index (κ1) is 13.9. The number of hydrogen-bond donors (Lipinski definition) is 1. The smallest absolute Gasteiger partial charge is 0.194 e. The fourth-order valence-electron chi connectivity index (χ4n) is 2.21. The van der Waals surface area contributed by atoms with Gasteiger partial charge in [-0.25, -0.2) is 8.78 Å². The van der Waals surface area contributed by atoms with Crippen LogP contribution in [0.25, 0.3) is 5.76 Å². The zero-order valence-electron chi connectivity index (χ0n) is 10.6. The van der Waals surface area contributed by atoms with Crippen LogP contribution >= 0.6 is 0 Å². The molecule has 1 N–H and O–H groups in total. The number of benzene rings is 1. The van der Waals surface area contributed by atoms with Crippen molar-refractivity contribution in [3.8, 4) is 6.07 Å². The Bertz CT molecular complexity index is 731. The maximum atomic E-state index is 13.3. The van der Waals surface area contributed by atoms with Gasteiger partial charge < -0.3 is 5.11 Å². The fourth-order valence-corrected chi connectivity index (χ4v) is 2.21. The zero-order chi connectivity index (χ0) is 15.2. The van der Waals surface area contributed by atoms with E-state index in [1.807, 2.05) is 0 Å². The monoisotopic (exact) mass is 277 g/mol. The van der Waals surface area contributed by atoms with Gasteiger partial charge in [0, 0.05) is 5.56 Å². The summed E-state index contributed by atoms with van der Waals surface area (Å²) in [7, 11) is 0. The third-order valence-electron chi connectivity index (χ3n) is 3.35. The van der Waals surface area contributed by atoms with Crippen LogP contribution in [0.5, 0.6) is 0 Å². The van der Waals surface area contributed by atoms with Crippen molar-refractivity contribution in [2.24, 2.45) is 0 Å². The Morgan fingerprint density at radius 2 is 1.90 bits per heavy atom. The van der Waals surface area contributed by atoms with Gasteiger partial charge in [-0.1, -0.05) is 0 Å². The molecule has 1 aliphatic carbocycles. The summed E-state index contributed by atoms with van der Waals surface area (Å²) in [5.41, 5.74) is -2.81. The second-order valence-electron chi connectivity index (χ2n) is 4.66. The van der Waals surface area contributed by atoms with E-state index in [-0.39, 0.29) is 11.1 Å². The van der Waals surface area contributed by atoms with Crippen LogP contribution in [-0.2, 0) is 15.0 Å². The van der Waals surface area contributed by atoms with Crippen LogP contribution in [-0.4, -0.2) is 16.7 Å². The zero-order valence-corrected chi connectivity index (χ0v) is 10.6. The molecule has 1 atom stereocenters. The Hall–Kier alpha value is -2.55. The van der Waals surface area contributed by atoms with Crippen LogP contribution < -0.4 is 0 Å². The molecule has 6 heteroatoms. The molecular weight excluding hydrogens is 268 g/mol. The normalized spacial score (nSPS) is 21.4. The molecule has 1 aromatic carbocycles. The van der Waals surface area contributed by atoms with Crippen molar-refractivity contribution >= 4 is 17.3 Å². The molecule has 0 spiro atoms. The van der Waals surface area contributed by atoms with Crippen molar-refractivity contribution in [2.45, 2.75) is 19.3 Å². The van der Waals surface area contributed by atoms with E-state index in [9.17, 15) is 28.7 Å². The predicted octanol–water partition coefficient (Wildman–Crippen LogP) is 2.19. The molecule has 0 aromatic heterocycles. The van der Waals surface area contributed by atoms with Gasteiger partial charge in [-0.2, -0.15) is 5.26 Å². The summed E-state index contributed by atoms with van der Waals surface area (Å²) in [4.78, 5) is 23.7. The minimum atomic E-state index is -1.85. The van der Waals surface area contributed by atoms with Crippen molar-refractivity contribution in [1.29, 1.82) is 5.26 Å². The summed E-state index contributed by atoms with van der Waals surface area (Å²) < 4.78 is 26.6. The molecule has 0 radical (unpaired) electrons. The second-order valence-corrected chi connectivity index (χ2v) is 4.66. The third-order valence-corrected chi connectivity index (χ3v) is 3.35. The minimum Gasteiger partial charge on any atom is -0.506 e. The number of aliphatic hydroxyl groups is 1. The average Bonchev–Trinajstić information content (AvgIpc) is 2.38. The molecule has 1 aliphatic rings. The molecule has 20 heavy (non-hydrogen) atoms. The van der Waals surface area contributed by atoms with E-state index in [2.05, 4.69) is 0 Å². The molecule has 0 saturated heterocycles. The van der Waals surface area contributed by atoms with Crippen molar-refractivity contribution in [1.82, 2.24) is 0 Å². The van der Waals surface area contributed by atoms with E-state index in [0.717, 1.165) is 6.92 Å². The summed E-state index contributed by atoms with van der Waals surface area (Å²) >= 11 is 0. The maximum Gasteiger partial charge on any atom is 0.194 e.